The second-order valence-electron chi connectivity index (χ2n) is 21.7. The van der Waals surface area contributed by atoms with E-state index in [-0.39, 0.29) is 66.0 Å². The lowest BCUT2D eigenvalue weighted by molar-refractivity contribution is -0.172. The van der Waals surface area contributed by atoms with Crippen LogP contribution >= 0.6 is 0 Å². The van der Waals surface area contributed by atoms with Crippen LogP contribution in [0.5, 0.6) is 0 Å². The maximum Gasteiger partial charge on any atom is 0.407 e. The number of methoxy groups -OCH3 is 1. The molecule has 1 saturated carbocycles. The molecule has 2 fully saturated rings. The molecule has 2 aromatic carbocycles. The number of nitrogens with one attached hydrogen (secondary N) is 6. The zero-order chi connectivity index (χ0) is 52.7. The van der Waals surface area contributed by atoms with Crippen molar-refractivity contribution in [2.75, 3.05) is 45.3 Å². The Morgan fingerprint density at radius 1 is 0.803 bits per heavy atom. The van der Waals surface area contributed by atoms with Crippen LogP contribution in [0.15, 0.2) is 66.2 Å². The van der Waals surface area contributed by atoms with Crippen molar-refractivity contribution in [3.63, 3.8) is 0 Å². The van der Waals surface area contributed by atoms with Crippen LogP contribution in [0.4, 0.5) is 10.5 Å². The summed E-state index contributed by atoms with van der Waals surface area (Å²) in [5.74, 6) is -2.95. The van der Waals surface area contributed by atoms with Gasteiger partial charge in [0.25, 0.3) is 0 Å². The van der Waals surface area contributed by atoms with Gasteiger partial charge in [0.2, 0.25) is 29.5 Å². The van der Waals surface area contributed by atoms with E-state index < -0.39 is 59.6 Å². The first-order valence-corrected chi connectivity index (χ1v) is 25.3. The van der Waals surface area contributed by atoms with Crippen molar-refractivity contribution in [2.24, 2.45) is 28.6 Å². The van der Waals surface area contributed by atoms with Crippen LogP contribution in [-0.2, 0) is 55.8 Å². The molecule has 1 spiro atoms. The van der Waals surface area contributed by atoms with E-state index in [1.54, 1.807) is 19.2 Å². The van der Waals surface area contributed by atoms with E-state index in [4.69, 9.17) is 18.9 Å². The molecule has 7 atom stereocenters. The topological polar surface area (TPSA) is 215 Å². The zero-order valence-electron chi connectivity index (χ0n) is 44.7. The summed E-state index contributed by atoms with van der Waals surface area (Å²) in [6.45, 7) is 25.0. The van der Waals surface area contributed by atoms with Gasteiger partial charge < -0.3 is 50.8 Å². The predicted octanol–water partition coefficient (Wildman–Crippen LogP) is 6.81. The summed E-state index contributed by atoms with van der Waals surface area (Å²) in [6.07, 6.45) is 3.74. The maximum absolute atomic E-state index is 13.9. The predicted molar refractivity (Wildman–Crippen MR) is 275 cm³/mol. The minimum Gasteiger partial charge on any atom is -0.443 e. The SMILES string of the molecule is CCC(C)(C)C(C)(C)C(C)C(=O)NCC(=O)N[C@@H](Cc1ccccc1)C(=O)N[C@@H](CC(C)C)C(=O)NCC(=O)Nc1ccc(CCNC(=O)OC2CC[C@]3(CO3)C(C(C)(C)OCC=C(C)C)C2OC)cc1. The Hall–Kier alpha value is -5.32. The van der Waals surface area contributed by atoms with Crippen LogP contribution in [0.25, 0.3) is 0 Å². The molecule has 6 amide bonds. The van der Waals surface area contributed by atoms with E-state index in [1.807, 2.05) is 97.0 Å². The minimum absolute atomic E-state index is 0.00519. The van der Waals surface area contributed by atoms with Gasteiger partial charge in [0, 0.05) is 37.6 Å². The van der Waals surface area contributed by atoms with E-state index in [0.29, 0.717) is 38.3 Å². The lowest BCUT2D eigenvalue weighted by Gasteiger charge is -2.47. The molecule has 0 radical (unpaired) electrons. The number of carbonyl (C=O) groups is 6. The monoisotopic (exact) mass is 989 g/mol. The molecule has 6 N–H and O–H groups in total. The van der Waals surface area contributed by atoms with E-state index in [1.165, 1.54) is 5.57 Å². The van der Waals surface area contributed by atoms with Crippen molar-refractivity contribution >= 4 is 41.3 Å². The van der Waals surface area contributed by atoms with Crippen LogP contribution in [0.1, 0.15) is 120 Å². The van der Waals surface area contributed by atoms with Crippen LogP contribution in [-0.4, -0.2) is 111 Å². The fourth-order valence-electron chi connectivity index (χ4n) is 9.30. The fraction of sp³-hybridized carbons (Fsp3) is 0.636. The molecule has 2 aromatic rings. The third kappa shape index (κ3) is 16.9. The number of carbonyl (C=O) groups excluding carboxylic acids is 6. The second-order valence-corrected chi connectivity index (χ2v) is 21.7. The number of alkyl carbamates (subject to hydrolysis) is 1. The molecular formula is C55H84N6O10. The fourth-order valence-corrected chi connectivity index (χ4v) is 9.30. The largest absolute Gasteiger partial charge is 0.443 e. The van der Waals surface area contributed by atoms with Gasteiger partial charge in [-0.1, -0.05) is 116 Å². The van der Waals surface area contributed by atoms with Crippen LogP contribution in [0.2, 0.25) is 0 Å². The second kappa shape index (κ2) is 25.9. The Morgan fingerprint density at radius 3 is 2.03 bits per heavy atom. The molecule has 4 rings (SSSR count). The zero-order valence-corrected chi connectivity index (χ0v) is 44.7. The molecule has 0 bridgehead atoms. The van der Waals surface area contributed by atoms with Gasteiger partial charge in [-0.3, -0.25) is 24.0 Å². The highest BCUT2D eigenvalue weighted by Crippen LogP contribution is 2.53. The number of ether oxygens (including phenoxy) is 4. The van der Waals surface area contributed by atoms with E-state index in [9.17, 15) is 28.8 Å². The van der Waals surface area contributed by atoms with Gasteiger partial charge in [-0.15, -0.1) is 0 Å². The summed E-state index contributed by atoms with van der Waals surface area (Å²) >= 11 is 0. The van der Waals surface area contributed by atoms with Crippen molar-refractivity contribution in [2.45, 2.75) is 157 Å². The van der Waals surface area contributed by atoms with E-state index in [0.717, 1.165) is 24.0 Å². The molecule has 4 unspecified atom stereocenters. The van der Waals surface area contributed by atoms with Gasteiger partial charge in [0.05, 0.1) is 37.5 Å². The first-order chi connectivity index (χ1) is 33.3. The highest BCUT2D eigenvalue weighted by Gasteiger charge is 2.64. The average Bonchev–Trinajstić information content (AvgIpc) is 4.09. The molecule has 1 heterocycles. The van der Waals surface area contributed by atoms with E-state index >= 15 is 0 Å². The number of rotatable bonds is 26. The van der Waals surface area contributed by atoms with Gasteiger partial charge in [-0.05, 0) is 93.4 Å². The molecule has 1 aliphatic heterocycles. The van der Waals surface area contributed by atoms with E-state index in [2.05, 4.69) is 66.5 Å². The molecule has 71 heavy (non-hydrogen) atoms. The Balaban J connectivity index is 1.27. The minimum atomic E-state index is -1.06. The van der Waals surface area contributed by atoms with Gasteiger partial charge in [-0.2, -0.15) is 0 Å². The maximum atomic E-state index is 13.9. The van der Waals surface area contributed by atoms with Gasteiger partial charge in [0.15, 0.2) is 0 Å². The molecular weight excluding hydrogens is 905 g/mol. The molecule has 16 heteroatoms. The number of allylic oxidation sites excluding steroid dienone is 1. The summed E-state index contributed by atoms with van der Waals surface area (Å²) < 4.78 is 24.3. The molecule has 394 valence electrons. The molecule has 0 aromatic heterocycles. The molecule has 2 aliphatic rings. The van der Waals surface area contributed by atoms with Gasteiger partial charge in [-0.25, -0.2) is 4.79 Å². The summed E-state index contributed by atoms with van der Waals surface area (Å²) in [5.41, 5.74) is 1.93. The summed E-state index contributed by atoms with van der Waals surface area (Å²) in [6, 6.07) is 14.3. The molecule has 16 nitrogen and oxygen atoms in total. The van der Waals surface area contributed by atoms with Crippen LogP contribution in [0, 0.1) is 28.6 Å². The number of hydrogen-bond donors (Lipinski definition) is 6. The summed E-state index contributed by atoms with van der Waals surface area (Å²) in [5, 5.41) is 16.6. The molecule has 1 aliphatic carbocycles. The standard InChI is InChI=1S/C55H84N6O10/c1-14-52(7,8)53(9,10)37(6)48(64)57-33-45(63)60-42(31-39-18-16-15-17-19-39)50(66)61-41(30-36(4)5)49(65)58-32-44(62)59-40-22-20-38(21-23-40)25-28-56-51(67)71-43-24-27-55(34-70-55)47(46(43)68-13)54(11,12)69-29-26-35(2)3/h15-23,26,36-37,41-43,46-47H,14,24-25,27-34H2,1-13H3,(H,56,67)(H,57,64)(H,58,65)(H,59,62)(H,60,63)(H,61,66)/t37?,41-,42-,43?,46?,47?,55-/m0/s1. The quantitative estimate of drug-likeness (QED) is 0.0428. The van der Waals surface area contributed by atoms with Crippen LogP contribution < -0.4 is 31.9 Å². The van der Waals surface area contributed by atoms with Gasteiger partial charge in [0.1, 0.15) is 24.3 Å². The third-order valence-electron chi connectivity index (χ3n) is 15.0. The van der Waals surface area contributed by atoms with Crippen molar-refractivity contribution in [1.82, 2.24) is 26.6 Å². The smallest absolute Gasteiger partial charge is 0.407 e. The highest BCUT2D eigenvalue weighted by molar-refractivity contribution is 5.97. The van der Waals surface area contributed by atoms with Crippen molar-refractivity contribution < 1.29 is 47.7 Å². The van der Waals surface area contributed by atoms with Crippen LogP contribution in [0.3, 0.4) is 0 Å². The highest BCUT2D eigenvalue weighted by atomic mass is 16.6. The molecule has 1 saturated heterocycles. The first kappa shape index (κ1) is 58.3. The number of hydrogen-bond acceptors (Lipinski definition) is 10. The normalized spacial score (nSPS) is 20.2. The number of benzene rings is 2. The third-order valence-corrected chi connectivity index (χ3v) is 15.0. The number of epoxide rings is 1. The van der Waals surface area contributed by atoms with Crippen molar-refractivity contribution in [3.05, 3.63) is 77.4 Å². The lowest BCUT2D eigenvalue weighted by Crippen LogP contribution is -2.59. The Kier molecular flexibility index (Phi) is 21.2. The number of amides is 6. The van der Waals surface area contributed by atoms with Crippen molar-refractivity contribution in [3.8, 4) is 0 Å². The summed E-state index contributed by atoms with van der Waals surface area (Å²) in [4.78, 5) is 80.1. The summed E-state index contributed by atoms with van der Waals surface area (Å²) in [7, 11) is 1.63. The first-order valence-electron chi connectivity index (χ1n) is 25.3. The Bertz CT molecular complexity index is 2130. The Morgan fingerprint density at radius 2 is 1.44 bits per heavy atom. The Labute approximate surface area is 422 Å². The average molecular weight is 989 g/mol. The van der Waals surface area contributed by atoms with Crippen molar-refractivity contribution in [1.29, 1.82) is 0 Å². The lowest BCUT2D eigenvalue weighted by atomic mass is 9.60. The number of anilines is 1. The van der Waals surface area contributed by atoms with Gasteiger partial charge >= 0.3 is 6.09 Å².